The minimum absolute atomic E-state index is 0.00631. The van der Waals surface area contributed by atoms with Gasteiger partial charge in [0, 0.05) is 45.3 Å². The van der Waals surface area contributed by atoms with Crippen LogP contribution in [0.5, 0.6) is 0 Å². The van der Waals surface area contributed by atoms with Crippen molar-refractivity contribution in [3.63, 3.8) is 0 Å². The molecule has 2 rings (SSSR count). The Morgan fingerprint density at radius 3 is 1.36 bits per heavy atom. The van der Waals surface area contributed by atoms with Crippen molar-refractivity contribution in [2.45, 2.75) is 62.2 Å². The van der Waals surface area contributed by atoms with E-state index < -0.39 is 0 Å². The van der Waals surface area contributed by atoms with E-state index in [1.54, 1.807) is 0 Å². The van der Waals surface area contributed by atoms with Gasteiger partial charge in [-0.3, -0.25) is 0 Å². The third-order valence-electron chi connectivity index (χ3n) is 3.93. The first-order valence-electron chi connectivity index (χ1n) is 8.29. The zero-order chi connectivity index (χ0) is 18.8. The Morgan fingerprint density at radius 2 is 1.04 bits per heavy atom. The molecule has 0 unspecified atom stereocenters. The molecule has 5 heteroatoms. The van der Waals surface area contributed by atoms with Crippen molar-refractivity contribution >= 4 is 35.5 Å². The highest BCUT2D eigenvalue weighted by atomic mass is 32.2. The first kappa shape index (κ1) is 20.0. The number of hydrogen-bond donors (Lipinski definition) is 2. The van der Waals surface area contributed by atoms with Gasteiger partial charge in [0.2, 0.25) is 0 Å². The van der Waals surface area contributed by atoms with Crippen LogP contribution < -0.4 is 11.5 Å². The predicted molar refractivity (Wildman–Crippen MR) is 112 cm³/mol. The molecule has 0 aromatic heterocycles. The first-order valence-corrected chi connectivity index (χ1v) is 9.78. The monoisotopic (exact) mass is 376 g/mol. The number of hydrogen-bond acceptors (Lipinski definition) is 5. The van der Waals surface area contributed by atoms with Crippen LogP contribution in [0.1, 0.15) is 52.7 Å². The number of nitrogens with two attached hydrogens (primary N) is 2. The second-order valence-corrected chi connectivity index (χ2v) is 10.1. The van der Waals surface area contributed by atoms with Gasteiger partial charge in [-0.2, -0.15) is 0 Å². The van der Waals surface area contributed by atoms with E-state index in [9.17, 15) is 0 Å². The summed E-state index contributed by atoms with van der Waals surface area (Å²) in [6.45, 7) is 12.9. The van der Waals surface area contributed by atoms with E-state index in [4.69, 9.17) is 15.1 Å². The fourth-order valence-electron chi connectivity index (χ4n) is 2.57. The molecule has 4 N–H and O–H groups in total. The first-order chi connectivity index (χ1) is 11.5. The van der Waals surface area contributed by atoms with Crippen molar-refractivity contribution < 1.29 is 3.63 Å². The summed E-state index contributed by atoms with van der Waals surface area (Å²) >= 11 is 2.70. The van der Waals surface area contributed by atoms with Gasteiger partial charge in [0.25, 0.3) is 0 Å². The van der Waals surface area contributed by atoms with Crippen LogP contribution >= 0.6 is 24.1 Å². The summed E-state index contributed by atoms with van der Waals surface area (Å²) < 4.78 is 5.77. The van der Waals surface area contributed by atoms with Crippen molar-refractivity contribution in [2.24, 2.45) is 0 Å². The molecule has 0 bridgehead atoms. The topological polar surface area (TPSA) is 61.3 Å². The highest BCUT2D eigenvalue weighted by molar-refractivity contribution is 8.07. The van der Waals surface area contributed by atoms with Gasteiger partial charge >= 0.3 is 0 Å². The second kappa shape index (κ2) is 7.52. The van der Waals surface area contributed by atoms with Crippen molar-refractivity contribution in [1.29, 1.82) is 0 Å². The molecule has 3 nitrogen and oxygen atoms in total. The lowest BCUT2D eigenvalue weighted by atomic mass is 9.86. The third-order valence-corrected chi connectivity index (χ3v) is 5.36. The molecule has 2 aromatic rings. The van der Waals surface area contributed by atoms with Crippen LogP contribution in [0.2, 0.25) is 0 Å². The molecule has 0 fully saturated rings. The molecule has 25 heavy (non-hydrogen) atoms. The van der Waals surface area contributed by atoms with E-state index in [0.717, 1.165) is 32.3 Å². The zero-order valence-electron chi connectivity index (χ0n) is 15.8. The summed E-state index contributed by atoms with van der Waals surface area (Å²) in [4.78, 5) is 2.08. The quantitative estimate of drug-likeness (QED) is 0.493. The minimum atomic E-state index is 0.00631. The maximum absolute atomic E-state index is 6.10. The highest BCUT2D eigenvalue weighted by Crippen LogP contribution is 2.37. The molecule has 0 radical (unpaired) electrons. The molecule has 136 valence electrons. The molecule has 0 amide bonds. The van der Waals surface area contributed by atoms with E-state index >= 15 is 0 Å². The van der Waals surface area contributed by atoms with Crippen LogP contribution in [0.3, 0.4) is 0 Å². The fraction of sp³-hybridized carbons (Fsp3) is 0.400. The average Bonchev–Trinajstić information content (AvgIpc) is 2.48. The normalized spacial score (nSPS) is 12.4. The maximum Gasteiger partial charge on any atom is 0.0447 e. The Balaban J connectivity index is 2.07. The minimum Gasteiger partial charge on any atom is -0.398 e. The third kappa shape index (κ3) is 5.33. The molecule has 0 atom stereocenters. The number of anilines is 2. The van der Waals surface area contributed by atoms with E-state index in [2.05, 4.69) is 53.7 Å². The summed E-state index contributed by atoms with van der Waals surface area (Å²) in [6, 6.07) is 12.1. The molecule has 0 saturated heterocycles. The lowest BCUT2D eigenvalue weighted by molar-refractivity contribution is 0.591. The molecule has 0 aliphatic heterocycles. The van der Waals surface area contributed by atoms with Gasteiger partial charge in [-0.1, -0.05) is 41.5 Å². The van der Waals surface area contributed by atoms with E-state index in [1.165, 1.54) is 24.1 Å². The van der Waals surface area contributed by atoms with Crippen LogP contribution in [0, 0.1) is 0 Å². The SMILES string of the molecule is CC(C)(C)c1cc(SOSc2ccc(N)c(C(C)(C)C)c2)ccc1N. The number of rotatable bonds is 4. The van der Waals surface area contributed by atoms with E-state index in [1.807, 2.05) is 24.3 Å². The lowest BCUT2D eigenvalue weighted by Crippen LogP contribution is -2.13. The standard InChI is InChI=1S/C20H28N2OS2/c1-19(2,3)15-11-13(7-9-17(15)21)24-23-25-14-8-10-18(22)16(12-14)20(4,5)6/h7-12H,21-22H2,1-6H3. The van der Waals surface area contributed by atoms with E-state index in [0.29, 0.717) is 0 Å². The van der Waals surface area contributed by atoms with Crippen molar-refractivity contribution in [1.82, 2.24) is 0 Å². The molecular weight excluding hydrogens is 348 g/mol. The van der Waals surface area contributed by atoms with Crippen molar-refractivity contribution in [2.75, 3.05) is 11.5 Å². The number of benzene rings is 2. The van der Waals surface area contributed by atoms with Crippen molar-refractivity contribution in [3.8, 4) is 0 Å². The largest absolute Gasteiger partial charge is 0.398 e. The molecule has 2 aromatic carbocycles. The van der Waals surface area contributed by atoms with Gasteiger partial charge in [-0.15, -0.1) is 0 Å². The Labute approximate surface area is 160 Å². The maximum atomic E-state index is 6.10. The van der Waals surface area contributed by atoms with Gasteiger partial charge in [0.05, 0.1) is 0 Å². The molecule has 0 aliphatic carbocycles. The fourth-order valence-corrected chi connectivity index (χ4v) is 3.91. The van der Waals surface area contributed by atoms with Gasteiger partial charge in [0.1, 0.15) is 0 Å². The molecule has 0 heterocycles. The zero-order valence-corrected chi connectivity index (χ0v) is 17.5. The van der Waals surface area contributed by atoms with Crippen LogP contribution in [0.4, 0.5) is 11.4 Å². The Morgan fingerprint density at radius 1 is 0.680 bits per heavy atom. The average molecular weight is 377 g/mol. The van der Waals surface area contributed by atoms with Crippen molar-refractivity contribution in [3.05, 3.63) is 47.5 Å². The predicted octanol–water partition coefficient (Wildman–Crippen LogP) is 6.18. The molecule has 0 spiro atoms. The highest BCUT2D eigenvalue weighted by Gasteiger charge is 2.19. The van der Waals surface area contributed by atoms with Gasteiger partial charge in [0.15, 0.2) is 0 Å². The molecular formula is C20H28N2OS2. The van der Waals surface area contributed by atoms with Crippen LogP contribution in [0.15, 0.2) is 46.2 Å². The summed E-state index contributed by atoms with van der Waals surface area (Å²) in [5.41, 5.74) is 16.1. The van der Waals surface area contributed by atoms with E-state index in [-0.39, 0.29) is 10.8 Å². The van der Waals surface area contributed by atoms with Crippen LogP contribution in [0.25, 0.3) is 0 Å². The molecule has 0 aliphatic rings. The number of nitrogen functional groups attached to an aromatic ring is 2. The Kier molecular flexibility index (Phi) is 6.02. The summed E-state index contributed by atoms with van der Waals surface area (Å²) in [5, 5.41) is 0. The van der Waals surface area contributed by atoms with Crippen LogP contribution in [-0.2, 0) is 14.5 Å². The summed E-state index contributed by atoms with van der Waals surface area (Å²) in [7, 11) is 0. The molecule has 0 saturated carbocycles. The second-order valence-electron chi connectivity index (χ2n) is 8.23. The van der Waals surface area contributed by atoms with Gasteiger partial charge in [-0.05, 0) is 58.4 Å². The summed E-state index contributed by atoms with van der Waals surface area (Å²) in [6.07, 6.45) is 0. The summed E-state index contributed by atoms with van der Waals surface area (Å²) in [5.74, 6) is 0. The van der Waals surface area contributed by atoms with Gasteiger partial charge < -0.3 is 11.5 Å². The smallest absolute Gasteiger partial charge is 0.0447 e. The Hall–Kier alpha value is -1.30. The lowest BCUT2D eigenvalue weighted by Gasteiger charge is -2.22. The van der Waals surface area contributed by atoms with Crippen LogP contribution in [-0.4, -0.2) is 0 Å². The Bertz CT molecular complexity index is 683. The van der Waals surface area contributed by atoms with Gasteiger partial charge in [-0.25, -0.2) is 3.63 Å².